The van der Waals surface area contributed by atoms with Crippen LogP contribution in [0, 0.1) is 5.92 Å². The van der Waals surface area contributed by atoms with Crippen LogP contribution in [0.1, 0.15) is 35.2 Å². The highest BCUT2D eigenvalue weighted by Gasteiger charge is 2.29. The van der Waals surface area contributed by atoms with Crippen LogP contribution in [0.4, 0.5) is 5.69 Å². The summed E-state index contributed by atoms with van der Waals surface area (Å²) in [6, 6.07) is 18.2. The van der Waals surface area contributed by atoms with Crippen molar-refractivity contribution in [3.63, 3.8) is 0 Å². The van der Waals surface area contributed by atoms with E-state index in [4.69, 9.17) is 4.74 Å². The fourth-order valence-corrected chi connectivity index (χ4v) is 4.59. The minimum atomic E-state index is -0.303. The van der Waals surface area contributed by atoms with Gasteiger partial charge in [0, 0.05) is 31.9 Å². The highest BCUT2D eigenvalue weighted by Crippen LogP contribution is 2.27. The Morgan fingerprint density at radius 2 is 1.63 bits per heavy atom. The Morgan fingerprint density at radius 1 is 0.967 bits per heavy atom. The van der Waals surface area contributed by atoms with E-state index in [9.17, 15) is 9.90 Å². The average Bonchev–Trinajstić information content (AvgIpc) is 2.83. The molecule has 1 N–H and O–H groups in total. The van der Waals surface area contributed by atoms with Gasteiger partial charge in [-0.25, -0.2) is 0 Å². The minimum Gasteiger partial charge on any atom is -0.393 e. The van der Waals surface area contributed by atoms with Crippen molar-refractivity contribution >= 4 is 11.6 Å². The zero-order chi connectivity index (χ0) is 20.8. The second-order valence-electron chi connectivity index (χ2n) is 8.34. The first-order valence-corrected chi connectivity index (χ1v) is 11.2. The molecule has 2 saturated heterocycles. The summed E-state index contributed by atoms with van der Waals surface area (Å²) in [5, 5.41) is 10.7. The minimum absolute atomic E-state index is 0.106. The van der Waals surface area contributed by atoms with Gasteiger partial charge >= 0.3 is 0 Å². The second-order valence-corrected chi connectivity index (χ2v) is 8.34. The van der Waals surface area contributed by atoms with E-state index >= 15 is 0 Å². The monoisotopic (exact) mass is 408 g/mol. The van der Waals surface area contributed by atoms with Crippen LogP contribution in [0.3, 0.4) is 0 Å². The molecule has 4 rings (SSSR count). The standard InChI is InChI=1S/C25H32N2O3/c28-24(11-10-20-6-2-1-3-7-20)21-12-14-27(15-13-21)25(29)22-8-4-5-9-23(22)26-16-18-30-19-17-26/h1-9,21,24,28H,10-19H2. The maximum atomic E-state index is 13.3. The van der Waals surface area contributed by atoms with Gasteiger partial charge in [-0.05, 0) is 49.3 Å². The molecule has 0 saturated carbocycles. The number of piperidine rings is 1. The number of aliphatic hydroxyl groups is 1. The molecule has 1 amide bonds. The van der Waals surface area contributed by atoms with Gasteiger partial charge < -0.3 is 19.6 Å². The summed E-state index contributed by atoms with van der Waals surface area (Å²) in [5.74, 6) is 0.376. The van der Waals surface area contributed by atoms with Gasteiger partial charge in [0.25, 0.3) is 5.91 Å². The van der Waals surface area contributed by atoms with Crippen LogP contribution in [0.2, 0.25) is 0 Å². The number of aryl methyl sites for hydroxylation is 1. The maximum Gasteiger partial charge on any atom is 0.255 e. The quantitative estimate of drug-likeness (QED) is 0.796. The van der Waals surface area contributed by atoms with Crippen molar-refractivity contribution in [3.05, 3.63) is 65.7 Å². The lowest BCUT2D eigenvalue weighted by Crippen LogP contribution is -2.42. The largest absolute Gasteiger partial charge is 0.393 e. The first-order valence-electron chi connectivity index (χ1n) is 11.2. The lowest BCUT2D eigenvalue weighted by atomic mass is 9.88. The molecule has 2 aromatic carbocycles. The van der Waals surface area contributed by atoms with Crippen molar-refractivity contribution in [2.24, 2.45) is 5.92 Å². The topological polar surface area (TPSA) is 53.0 Å². The Balaban J connectivity index is 1.32. The Morgan fingerprint density at radius 3 is 2.37 bits per heavy atom. The fourth-order valence-electron chi connectivity index (χ4n) is 4.59. The Kier molecular flexibility index (Phi) is 7.03. The predicted molar refractivity (Wildman–Crippen MR) is 119 cm³/mol. The van der Waals surface area contributed by atoms with Gasteiger partial charge in [0.05, 0.1) is 24.9 Å². The normalized spacial score (nSPS) is 19.0. The second kappa shape index (κ2) is 10.1. The molecule has 2 heterocycles. The van der Waals surface area contributed by atoms with E-state index in [0.29, 0.717) is 26.3 Å². The average molecular weight is 409 g/mol. The van der Waals surface area contributed by atoms with Crippen molar-refractivity contribution in [1.82, 2.24) is 4.90 Å². The van der Waals surface area contributed by atoms with Crippen molar-refractivity contribution in [1.29, 1.82) is 0 Å². The number of rotatable bonds is 6. The van der Waals surface area contributed by atoms with E-state index in [0.717, 1.165) is 50.0 Å². The number of carbonyl (C=O) groups excluding carboxylic acids is 1. The first-order chi connectivity index (χ1) is 14.7. The molecule has 0 radical (unpaired) electrons. The van der Waals surface area contributed by atoms with E-state index in [2.05, 4.69) is 17.0 Å². The Bertz CT molecular complexity index is 812. The van der Waals surface area contributed by atoms with E-state index in [1.165, 1.54) is 5.56 Å². The number of anilines is 1. The summed E-state index contributed by atoms with van der Waals surface area (Å²) >= 11 is 0. The summed E-state index contributed by atoms with van der Waals surface area (Å²) in [4.78, 5) is 17.5. The van der Waals surface area contributed by atoms with Gasteiger partial charge in [-0.3, -0.25) is 4.79 Å². The van der Waals surface area contributed by atoms with E-state index in [-0.39, 0.29) is 17.9 Å². The third-order valence-corrected chi connectivity index (χ3v) is 6.43. The smallest absolute Gasteiger partial charge is 0.255 e. The molecule has 1 unspecified atom stereocenters. The summed E-state index contributed by atoms with van der Waals surface area (Å²) < 4.78 is 5.46. The van der Waals surface area contributed by atoms with Crippen LogP contribution in [0.5, 0.6) is 0 Å². The zero-order valence-electron chi connectivity index (χ0n) is 17.6. The van der Waals surface area contributed by atoms with Gasteiger partial charge in [-0.1, -0.05) is 42.5 Å². The van der Waals surface area contributed by atoms with E-state index < -0.39 is 0 Å². The molecule has 2 aliphatic rings. The summed E-state index contributed by atoms with van der Waals surface area (Å²) in [6.45, 7) is 4.47. The summed E-state index contributed by atoms with van der Waals surface area (Å²) in [6.07, 6.45) is 3.10. The Hall–Kier alpha value is -2.37. The third kappa shape index (κ3) is 5.02. The molecule has 0 bridgehead atoms. The molecule has 160 valence electrons. The fraction of sp³-hybridized carbons (Fsp3) is 0.480. The van der Waals surface area contributed by atoms with Crippen LogP contribution >= 0.6 is 0 Å². The van der Waals surface area contributed by atoms with Crippen LogP contribution in [-0.4, -0.2) is 61.4 Å². The van der Waals surface area contributed by atoms with Gasteiger partial charge in [0.2, 0.25) is 0 Å². The SMILES string of the molecule is O=C(c1ccccc1N1CCOCC1)N1CCC(C(O)CCc2ccccc2)CC1. The van der Waals surface area contributed by atoms with Crippen molar-refractivity contribution in [2.45, 2.75) is 31.8 Å². The van der Waals surface area contributed by atoms with Crippen LogP contribution < -0.4 is 4.90 Å². The van der Waals surface area contributed by atoms with Gasteiger partial charge in [0.1, 0.15) is 0 Å². The molecule has 0 aliphatic carbocycles. The Labute approximate surface area is 179 Å². The van der Waals surface area contributed by atoms with Crippen LogP contribution in [0.15, 0.2) is 54.6 Å². The van der Waals surface area contributed by atoms with Gasteiger partial charge in [-0.15, -0.1) is 0 Å². The van der Waals surface area contributed by atoms with Crippen LogP contribution in [0.25, 0.3) is 0 Å². The van der Waals surface area contributed by atoms with E-state index in [1.807, 2.05) is 47.4 Å². The van der Waals surface area contributed by atoms with Crippen molar-refractivity contribution < 1.29 is 14.6 Å². The zero-order valence-corrected chi connectivity index (χ0v) is 17.6. The number of amides is 1. The number of aliphatic hydroxyl groups excluding tert-OH is 1. The lowest BCUT2D eigenvalue weighted by Gasteiger charge is -2.36. The molecule has 1 atom stereocenters. The third-order valence-electron chi connectivity index (χ3n) is 6.43. The molecule has 2 fully saturated rings. The summed E-state index contributed by atoms with van der Waals surface area (Å²) in [5.41, 5.74) is 3.06. The number of nitrogens with zero attached hydrogens (tertiary/aromatic N) is 2. The molecule has 5 nitrogen and oxygen atoms in total. The number of para-hydroxylation sites is 1. The summed E-state index contributed by atoms with van der Waals surface area (Å²) in [7, 11) is 0. The molecule has 2 aromatic rings. The van der Waals surface area contributed by atoms with Crippen molar-refractivity contribution in [3.8, 4) is 0 Å². The number of morpholine rings is 1. The lowest BCUT2D eigenvalue weighted by molar-refractivity contribution is 0.0437. The van der Waals surface area contributed by atoms with Crippen molar-refractivity contribution in [2.75, 3.05) is 44.3 Å². The molecular weight excluding hydrogens is 376 g/mol. The first kappa shape index (κ1) is 20.9. The molecule has 5 heteroatoms. The number of benzene rings is 2. The number of ether oxygens (including phenoxy) is 1. The number of likely N-dealkylation sites (tertiary alicyclic amines) is 1. The molecule has 2 aliphatic heterocycles. The van der Waals surface area contributed by atoms with E-state index in [1.54, 1.807) is 0 Å². The predicted octanol–water partition coefficient (Wildman–Crippen LogP) is 3.37. The molecule has 0 aromatic heterocycles. The molecule has 30 heavy (non-hydrogen) atoms. The number of hydrogen-bond acceptors (Lipinski definition) is 4. The van der Waals surface area contributed by atoms with Crippen LogP contribution in [-0.2, 0) is 11.2 Å². The van der Waals surface area contributed by atoms with Gasteiger partial charge in [-0.2, -0.15) is 0 Å². The number of hydrogen-bond donors (Lipinski definition) is 1. The molecular formula is C25H32N2O3. The van der Waals surface area contributed by atoms with Gasteiger partial charge in [0.15, 0.2) is 0 Å². The highest BCUT2D eigenvalue weighted by molar-refractivity contribution is 5.99. The molecule has 0 spiro atoms. The highest BCUT2D eigenvalue weighted by atomic mass is 16.5. The maximum absolute atomic E-state index is 13.3. The number of carbonyl (C=O) groups is 1.